The highest BCUT2D eigenvalue weighted by Gasteiger charge is 2.32. The van der Waals surface area contributed by atoms with E-state index in [4.69, 9.17) is 33.3 Å². The number of aromatic hydroxyl groups is 1. The topological polar surface area (TPSA) is 122 Å². The van der Waals surface area contributed by atoms with Crippen molar-refractivity contribution in [3.8, 4) is 23.4 Å². The number of benzene rings is 2. The number of fused-ring (bicyclic) bond motifs is 1. The second-order valence-electron chi connectivity index (χ2n) is 9.30. The van der Waals surface area contributed by atoms with Gasteiger partial charge in [-0.3, -0.25) is 23.9 Å². The number of halogens is 1. The highest BCUT2D eigenvalue weighted by atomic mass is 35.5. The molecule has 41 heavy (non-hydrogen) atoms. The van der Waals surface area contributed by atoms with Crippen LogP contribution >= 0.6 is 35.6 Å². The summed E-state index contributed by atoms with van der Waals surface area (Å²) < 4.78 is 12.1. The van der Waals surface area contributed by atoms with Crippen LogP contribution in [0.3, 0.4) is 0 Å². The number of carbonyl (C=O) groups is 2. The second-order valence-corrected chi connectivity index (χ2v) is 11.4. The third-order valence-electron chi connectivity index (χ3n) is 6.68. The standard InChI is InChI=1S/C29H22ClN3O6S2/c1-16-20(13-31)26(35)33(14-18-6-9-22-23(11-18)39-15-38-22)28(37)25(16)21(34)3-2-10-32-27(36)24(41-29(32)40)12-17-4-7-19(30)8-5-17/h4-9,11-12,37H,2-3,10,14-15H2,1H3/b24-12-. The lowest BCUT2D eigenvalue weighted by molar-refractivity contribution is -0.122. The molecule has 0 spiro atoms. The number of thiocarbonyl (C=S) groups is 1. The van der Waals surface area contributed by atoms with Crippen LogP contribution in [0.15, 0.2) is 52.2 Å². The number of ketones is 1. The SMILES string of the molecule is Cc1c(C(=O)CCCN2C(=O)/C(=C/c3ccc(Cl)cc3)SC2=S)c(O)n(Cc2ccc3c(c2)OCO3)c(=O)c1C#N. The monoisotopic (exact) mass is 607 g/mol. The number of Topliss-reactive ketones (excluding diaryl/α,β-unsaturated/α-hetero) is 1. The summed E-state index contributed by atoms with van der Waals surface area (Å²) >= 11 is 12.5. The van der Waals surface area contributed by atoms with Crippen LogP contribution in [-0.2, 0) is 11.3 Å². The van der Waals surface area contributed by atoms with Crippen molar-refractivity contribution < 1.29 is 24.2 Å². The number of carbonyl (C=O) groups excluding carboxylic acids is 2. The van der Waals surface area contributed by atoms with Crippen LogP contribution in [0.25, 0.3) is 6.08 Å². The summed E-state index contributed by atoms with van der Waals surface area (Å²) in [6.45, 7) is 1.64. The molecule has 3 aromatic rings. The van der Waals surface area contributed by atoms with Gasteiger partial charge in [0, 0.05) is 18.0 Å². The van der Waals surface area contributed by atoms with Crippen molar-refractivity contribution in [3.63, 3.8) is 0 Å². The molecule has 0 radical (unpaired) electrons. The van der Waals surface area contributed by atoms with Crippen molar-refractivity contribution >= 4 is 57.7 Å². The molecule has 0 bridgehead atoms. The molecule has 5 rings (SSSR count). The summed E-state index contributed by atoms with van der Waals surface area (Å²) in [6, 6.07) is 14.0. The van der Waals surface area contributed by atoms with Crippen LogP contribution in [0.2, 0.25) is 5.02 Å². The van der Waals surface area contributed by atoms with Crippen molar-refractivity contribution in [2.45, 2.75) is 26.3 Å². The first-order valence-electron chi connectivity index (χ1n) is 12.5. The highest BCUT2D eigenvalue weighted by molar-refractivity contribution is 8.26. The minimum absolute atomic E-state index is 0.0468. The molecule has 12 heteroatoms. The smallest absolute Gasteiger partial charge is 0.271 e. The highest BCUT2D eigenvalue weighted by Crippen LogP contribution is 2.34. The number of amides is 1. The minimum Gasteiger partial charge on any atom is -0.494 e. The van der Waals surface area contributed by atoms with Gasteiger partial charge >= 0.3 is 0 Å². The van der Waals surface area contributed by atoms with E-state index in [1.165, 1.54) is 23.6 Å². The largest absolute Gasteiger partial charge is 0.494 e. The van der Waals surface area contributed by atoms with Crippen LogP contribution in [-0.4, -0.2) is 43.9 Å². The third-order valence-corrected chi connectivity index (χ3v) is 8.31. The Morgan fingerprint density at radius 2 is 1.93 bits per heavy atom. The molecule has 0 atom stereocenters. The van der Waals surface area contributed by atoms with Gasteiger partial charge in [0.25, 0.3) is 11.5 Å². The van der Waals surface area contributed by atoms with Gasteiger partial charge in [-0.1, -0.05) is 53.8 Å². The van der Waals surface area contributed by atoms with Crippen LogP contribution in [0.1, 0.15) is 45.5 Å². The van der Waals surface area contributed by atoms with Crippen molar-refractivity contribution in [1.82, 2.24) is 9.47 Å². The van der Waals surface area contributed by atoms with Crippen molar-refractivity contribution in [2.75, 3.05) is 13.3 Å². The zero-order valence-electron chi connectivity index (χ0n) is 21.7. The maximum atomic E-state index is 13.3. The van der Waals surface area contributed by atoms with E-state index < -0.39 is 17.2 Å². The summed E-state index contributed by atoms with van der Waals surface area (Å²) in [5.41, 5.74) is 0.491. The number of nitriles is 1. The number of ether oxygens (including phenoxy) is 2. The molecule has 1 saturated heterocycles. The third kappa shape index (κ3) is 5.72. The average molecular weight is 608 g/mol. The Kier molecular flexibility index (Phi) is 8.17. The fourth-order valence-electron chi connectivity index (χ4n) is 4.58. The van der Waals surface area contributed by atoms with Gasteiger partial charge in [-0.2, -0.15) is 5.26 Å². The van der Waals surface area contributed by atoms with E-state index in [1.54, 1.807) is 48.5 Å². The molecule has 0 saturated carbocycles. The van der Waals surface area contributed by atoms with E-state index in [0.29, 0.717) is 31.3 Å². The van der Waals surface area contributed by atoms with Gasteiger partial charge in [0.15, 0.2) is 17.3 Å². The maximum Gasteiger partial charge on any atom is 0.271 e. The number of thioether (sulfide) groups is 1. The van der Waals surface area contributed by atoms with E-state index in [0.717, 1.165) is 10.1 Å². The van der Waals surface area contributed by atoms with E-state index in [-0.39, 0.29) is 55.3 Å². The van der Waals surface area contributed by atoms with Gasteiger partial charge in [-0.05, 0) is 60.4 Å². The molecule has 208 valence electrons. The number of aromatic nitrogens is 1. The van der Waals surface area contributed by atoms with Crippen molar-refractivity contribution in [2.24, 2.45) is 0 Å². The average Bonchev–Trinajstić information content (AvgIpc) is 3.52. The van der Waals surface area contributed by atoms with Crippen molar-refractivity contribution in [3.05, 3.63) is 90.6 Å². The Bertz CT molecular complexity index is 1730. The zero-order chi connectivity index (χ0) is 29.3. The molecule has 2 aliphatic heterocycles. The molecule has 1 fully saturated rings. The number of nitrogens with zero attached hydrogens (tertiary/aromatic N) is 3. The fraction of sp³-hybridized carbons (Fsp3) is 0.207. The van der Waals surface area contributed by atoms with Crippen LogP contribution in [0, 0.1) is 18.3 Å². The molecule has 2 aromatic carbocycles. The van der Waals surface area contributed by atoms with Crippen LogP contribution < -0.4 is 15.0 Å². The first kappa shape index (κ1) is 28.4. The van der Waals surface area contributed by atoms with Gasteiger partial charge in [0.1, 0.15) is 16.0 Å². The van der Waals surface area contributed by atoms with E-state index in [1.807, 2.05) is 6.07 Å². The lowest BCUT2D eigenvalue weighted by Crippen LogP contribution is -2.30. The summed E-state index contributed by atoms with van der Waals surface area (Å²) in [5.74, 6) is -0.184. The van der Waals surface area contributed by atoms with Gasteiger partial charge in [-0.25, -0.2) is 0 Å². The van der Waals surface area contributed by atoms with E-state index in [2.05, 4.69) is 0 Å². The lowest BCUT2D eigenvalue weighted by atomic mass is 9.99. The number of rotatable bonds is 8. The number of hydrogen-bond donors (Lipinski definition) is 1. The van der Waals surface area contributed by atoms with Crippen molar-refractivity contribution in [1.29, 1.82) is 5.26 Å². The molecule has 0 unspecified atom stereocenters. The molecular formula is C29H22ClN3O6S2. The van der Waals surface area contributed by atoms with Gasteiger partial charge in [0.2, 0.25) is 12.7 Å². The fourth-order valence-corrected chi connectivity index (χ4v) is 6.01. The molecule has 9 nitrogen and oxygen atoms in total. The first-order chi connectivity index (χ1) is 19.7. The zero-order valence-corrected chi connectivity index (χ0v) is 24.1. The number of pyridine rings is 1. The normalized spacial score (nSPS) is 15.0. The van der Waals surface area contributed by atoms with Crippen LogP contribution in [0.4, 0.5) is 0 Å². The van der Waals surface area contributed by atoms with Gasteiger partial charge < -0.3 is 14.6 Å². The predicted octanol–water partition coefficient (Wildman–Crippen LogP) is 5.03. The molecule has 1 amide bonds. The maximum absolute atomic E-state index is 13.3. The Balaban J connectivity index is 1.32. The molecule has 1 N–H and O–H groups in total. The summed E-state index contributed by atoms with van der Waals surface area (Å²) in [6.07, 6.45) is 1.94. The molecule has 2 aliphatic rings. The molecule has 3 heterocycles. The molecule has 1 aromatic heterocycles. The quantitative estimate of drug-likeness (QED) is 0.213. The Hall–Kier alpha value is -4.11. The summed E-state index contributed by atoms with van der Waals surface area (Å²) in [4.78, 5) is 41.2. The Morgan fingerprint density at radius 3 is 2.66 bits per heavy atom. The van der Waals surface area contributed by atoms with E-state index in [9.17, 15) is 24.8 Å². The van der Waals surface area contributed by atoms with Gasteiger partial charge in [-0.15, -0.1) is 0 Å². The summed E-state index contributed by atoms with van der Waals surface area (Å²) in [5, 5.41) is 21.3. The first-order valence-corrected chi connectivity index (χ1v) is 14.1. The Morgan fingerprint density at radius 1 is 1.20 bits per heavy atom. The van der Waals surface area contributed by atoms with Crippen LogP contribution in [0.5, 0.6) is 17.4 Å². The molecular weight excluding hydrogens is 586 g/mol. The number of hydrogen-bond acceptors (Lipinski definition) is 9. The van der Waals surface area contributed by atoms with E-state index >= 15 is 0 Å². The summed E-state index contributed by atoms with van der Waals surface area (Å²) in [7, 11) is 0. The predicted molar refractivity (Wildman–Crippen MR) is 158 cm³/mol. The molecule has 0 aliphatic carbocycles. The minimum atomic E-state index is -0.707. The second kappa shape index (κ2) is 11.8. The van der Waals surface area contributed by atoms with Gasteiger partial charge in [0.05, 0.1) is 17.0 Å². The lowest BCUT2D eigenvalue weighted by Gasteiger charge is -2.17. The Labute approximate surface area is 249 Å².